The number of methoxy groups -OCH3 is 1. The Bertz CT molecular complexity index is 1940. The van der Waals surface area contributed by atoms with Crippen molar-refractivity contribution >= 4 is 46.9 Å². The van der Waals surface area contributed by atoms with Crippen LogP contribution in [0.3, 0.4) is 0 Å². The lowest BCUT2D eigenvalue weighted by atomic mass is 9.83. The van der Waals surface area contributed by atoms with Gasteiger partial charge in [0.05, 0.1) is 34.5 Å². The molecule has 8 atom stereocenters. The Hall–Kier alpha value is -4.57. The molecule has 2 aromatic rings. The number of rotatable bonds is 5. The van der Waals surface area contributed by atoms with Gasteiger partial charge in [0.25, 0.3) is 5.91 Å². The van der Waals surface area contributed by atoms with E-state index in [0.717, 1.165) is 21.6 Å². The van der Waals surface area contributed by atoms with Gasteiger partial charge in [0.2, 0.25) is 5.91 Å². The maximum absolute atomic E-state index is 14.7. The number of hydrogen-bond donors (Lipinski definition) is 3. The first kappa shape index (κ1) is 41.6. The molecule has 0 unspecified atom stereocenters. The average Bonchev–Trinajstić information content (AvgIpc) is 3.82. The van der Waals surface area contributed by atoms with E-state index in [1.165, 1.54) is 26.0 Å². The average molecular weight is 789 g/mol. The standard InChI is InChI=1S/C39H47ClF2N4O9/c1-19-10-9-11-30(52-8)39(51)18-29(53-37(50)44-39)21(3)34-38(5,55-34)31(17-32(47)46(7)28-14-23(12-19)13-20(2)33(28)40)54-36(49)22(4)45(6)35(48)24-15-26(42)27(43)16-25(24)41/h9-11,13-16,21-22,29-31,34,51H,12,17-18,43H2,1-8H3,(H,44,50)/b11-9+,19-10+/t21-,22+,29+,30-,31+,34+,38+,39+/m1/s1. The van der Waals surface area contributed by atoms with Gasteiger partial charge in [0.1, 0.15) is 41.6 Å². The van der Waals surface area contributed by atoms with Crippen LogP contribution in [0.4, 0.5) is 25.0 Å². The van der Waals surface area contributed by atoms with E-state index in [1.807, 2.05) is 26.0 Å². The van der Waals surface area contributed by atoms with Gasteiger partial charge in [0.15, 0.2) is 5.72 Å². The number of nitrogens with one attached hydrogen (secondary N) is 1. The van der Waals surface area contributed by atoms with Crippen molar-refractivity contribution in [3.05, 3.63) is 81.4 Å². The van der Waals surface area contributed by atoms with Gasteiger partial charge in [-0.3, -0.25) is 14.9 Å². The lowest BCUT2D eigenvalue weighted by molar-refractivity contribution is -0.158. The number of nitrogen functional groups attached to an aromatic ring is 1. The van der Waals surface area contributed by atoms with Gasteiger partial charge in [-0.25, -0.2) is 18.4 Å². The number of nitrogens with two attached hydrogens (primary N) is 1. The first-order valence-electron chi connectivity index (χ1n) is 17.7. The molecule has 55 heavy (non-hydrogen) atoms. The highest BCUT2D eigenvalue weighted by Gasteiger charge is 2.64. The second-order valence-corrected chi connectivity index (χ2v) is 15.2. The molecular weight excluding hydrogens is 742 g/mol. The number of carbonyl (C=O) groups is 4. The number of nitrogens with zero attached hydrogens (tertiary/aromatic N) is 2. The number of benzene rings is 2. The number of amides is 3. The van der Waals surface area contributed by atoms with Crippen molar-refractivity contribution in [1.82, 2.24) is 10.2 Å². The number of aliphatic hydroxyl groups is 1. The quantitative estimate of drug-likeness (QED) is 0.213. The van der Waals surface area contributed by atoms with Crippen LogP contribution in [-0.4, -0.2) is 96.9 Å². The molecule has 4 bridgehead atoms. The molecule has 0 radical (unpaired) electrons. The summed E-state index contributed by atoms with van der Waals surface area (Å²) in [5.74, 6) is -5.18. The monoisotopic (exact) mass is 788 g/mol. The van der Waals surface area contributed by atoms with Crippen molar-refractivity contribution in [3.63, 3.8) is 0 Å². The molecule has 0 aliphatic carbocycles. The van der Waals surface area contributed by atoms with Crippen LogP contribution in [0.2, 0.25) is 5.02 Å². The second kappa shape index (κ2) is 15.9. The normalized spacial score (nSPS) is 30.5. The first-order chi connectivity index (χ1) is 25.7. The summed E-state index contributed by atoms with van der Waals surface area (Å²) >= 11 is 6.74. The van der Waals surface area contributed by atoms with E-state index in [4.69, 9.17) is 36.3 Å². The van der Waals surface area contributed by atoms with Gasteiger partial charge in [-0.1, -0.05) is 48.4 Å². The summed E-state index contributed by atoms with van der Waals surface area (Å²) in [4.78, 5) is 56.2. The maximum atomic E-state index is 14.7. The molecular formula is C39H47ClF2N4O9. The topological polar surface area (TPSA) is 173 Å². The molecule has 3 aliphatic rings. The van der Waals surface area contributed by atoms with Crippen LogP contribution in [-0.2, 0) is 35.0 Å². The zero-order valence-corrected chi connectivity index (χ0v) is 32.7. The van der Waals surface area contributed by atoms with Gasteiger partial charge in [0, 0.05) is 39.6 Å². The number of alkyl carbamates (subject to hydrolysis) is 1. The predicted molar refractivity (Wildman–Crippen MR) is 199 cm³/mol. The van der Waals surface area contributed by atoms with Crippen LogP contribution in [0.5, 0.6) is 0 Å². The number of likely N-dealkylation sites (N-methyl/N-ethyl adjacent to an activating group) is 1. The van der Waals surface area contributed by atoms with Crippen LogP contribution in [0.1, 0.15) is 62.0 Å². The summed E-state index contributed by atoms with van der Waals surface area (Å²) in [5.41, 5.74) is 4.01. The number of esters is 1. The molecule has 298 valence electrons. The van der Waals surface area contributed by atoms with Gasteiger partial charge in [-0.15, -0.1) is 0 Å². The summed E-state index contributed by atoms with van der Waals surface area (Å²) in [6.45, 7) is 8.44. The molecule has 13 nitrogen and oxygen atoms in total. The molecule has 0 saturated carbocycles. The van der Waals surface area contributed by atoms with Crippen LogP contribution >= 0.6 is 11.6 Å². The molecule has 0 spiro atoms. The van der Waals surface area contributed by atoms with Gasteiger partial charge in [-0.05, 0) is 57.4 Å². The predicted octanol–water partition coefficient (Wildman–Crippen LogP) is 4.99. The number of allylic oxidation sites excluding steroid dienone is 3. The number of anilines is 2. The lowest BCUT2D eigenvalue weighted by Gasteiger charge is -2.42. The molecule has 4 N–H and O–H groups in total. The number of epoxide rings is 1. The summed E-state index contributed by atoms with van der Waals surface area (Å²) in [7, 11) is 4.17. The second-order valence-electron chi connectivity index (χ2n) is 14.8. The molecule has 3 heterocycles. The maximum Gasteiger partial charge on any atom is 0.409 e. The third kappa shape index (κ3) is 8.49. The van der Waals surface area contributed by atoms with E-state index in [2.05, 4.69) is 5.32 Å². The summed E-state index contributed by atoms with van der Waals surface area (Å²) in [5, 5.41) is 14.5. The van der Waals surface area contributed by atoms with Crippen molar-refractivity contribution in [1.29, 1.82) is 0 Å². The highest BCUT2D eigenvalue weighted by molar-refractivity contribution is 6.34. The Morgan fingerprint density at radius 1 is 1.18 bits per heavy atom. The Morgan fingerprint density at radius 2 is 1.87 bits per heavy atom. The molecule has 16 heteroatoms. The molecule has 2 aromatic carbocycles. The minimum atomic E-state index is -1.87. The van der Waals surface area contributed by atoms with Gasteiger partial charge >= 0.3 is 12.1 Å². The molecule has 2 saturated heterocycles. The molecule has 3 amide bonds. The van der Waals surface area contributed by atoms with Crippen molar-refractivity contribution in [3.8, 4) is 0 Å². The van der Waals surface area contributed by atoms with Gasteiger partial charge in [-0.2, -0.15) is 0 Å². The van der Waals surface area contributed by atoms with E-state index in [-0.39, 0.29) is 6.42 Å². The number of hydrogen-bond acceptors (Lipinski definition) is 10. The highest BCUT2D eigenvalue weighted by Crippen LogP contribution is 2.49. The minimum absolute atomic E-state index is 0.108. The molecule has 3 aliphatic heterocycles. The number of aryl methyl sites for hydroxylation is 1. The highest BCUT2D eigenvalue weighted by atomic mass is 35.5. The Labute approximate surface area is 323 Å². The number of halogens is 3. The van der Waals surface area contributed by atoms with Crippen molar-refractivity contribution in [2.45, 2.75) is 95.7 Å². The Morgan fingerprint density at radius 3 is 2.55 bits per heavy atom. The van der Waals surface area contributed by atoms with E-state index in [1.54, 1.807) is 39.1 Å². The lowest BCUT2D eigenvalue weighted by Crippen LogP contribution is -2.63. The summed E-state index contributed by atoms with van der Waals surface area (Å²) in [6.07, 6.45) is 0.364. The summed E-state index contributed by atoms with van der Waals surface area (Å²) in [6, 6.07) is 3.67. The van der Waals surface area contributed by atoms with E-state index in [9.17, 15) is 33.1 Å². The van der Waals surface area contributed by atoms with E-state index in [0.29, 0.717) is 29.3 Å². The number of ether oxygens (including phenoxy) is 4. The van der Waals surface area contributed by atoms with E-state index >= 15 is 0 Å². The molecule has 2 fully saturated rings. The fraction of sp³-hybridized carbons (Fsp3) is 0.487. The zero-order chi connectivity index (χ0) is 40.7. The van der Waals surface area contributed by atoms with E-state index < -0.39 is 101 Å². The van der Waals surface area contributed by atoms with Crippen LogP contribution in [0, 0.1) is 24.5 Å². The Kier molecular flexibility index (Phi) is 12.0. The Balaban J connectivity index is 1.51. The number of fused-ring (bicyclic) bond motifs is 5. The largest absolute Gasteiger partial charge is 0.457 e. The molecule has 0 aromatic heterocycles. The van der Waals surface area contributed by atoms with Crippen LogP contribution in [0.15, 0.2) is 48.1 Å². The zero-order valence-electron chi connectivity index (χ0n) is 31.9. The third-order valence-corrected chi connectivity index (χ3v) is 11.3. The third-order valence-electron chi connectivity index (χ3n) is 10.8. The van der Waals surface area contributed by atoms with Gasteiger partial charge < -0.3 is 39.6 Å². The number of carbonyl (C=O) groups excluding carboxylic acids is 4. The van der Waals surface area contributed by atoms with Crippen LogP contribution in [0.25, 0.3) is 0 Å². The SMILES string of the molecule is CO[C@@H]1/C=C/C=C(\C)Cc2cc(C)c(Cl)c(c2)N(C)C(=O)C[C@H](OC(=O)[C@H](C)N(C)C(=O)c2cc(F)c(N)cc2F)[C@]2(C)O[C@H]2[C@H](C)[C@@H]2C[C@@]1(O)NC(=O)O2. The minimum Gasteiger partial charge on any atom is -0.457 e. The van der Waals surface area contributed by atoms with Crippen molar-refractivity contribution < 1.29 is 52.0 Å². The fourth-order valence-corrected chi connectivity index (χ4v) is 7.37. The smallest absolute Gasteiger partial charge is 0.409 e. The molecule has 5 rings (SSSR count). The van der Waals surface area contributed by atoms with Crippen LogP contribution < -0.4 is 16.0 Å². The summed E-state index contributed by atoms with van der Waals surface area (Å²) < 4.78 is 52.3. The first-order valence-corrected chi connectivity index (χ1v) is 18.1. The fourth-order valence-electron chi connectivity index (χ4n) is 7.13. The van der Waals surface area contributed by atoms with Crippen molar-refractivity contribution in [2.75, 3.05) is 31.8 Å². The van der Waals surface area contributed by atoms with Crippen molar-refractivity contribution in [2.24, 2.45) is 5.92 Å².